The standard InChI is InChI=1S/C14H19ClN4O/c1-20-14-12-13(16-9-17-14)19(11(18-12)6-7-15)8-2-3-10-4-5-10/h9-10H,2-8H2,1H3. The lowest BCUT2D eigenvalue weighted by atomic mass is 10.2. The van der Waals surface area contributed by atoms with Crippen LogP contribution in [0.4, 0.5) is 0 Å². The summed E-state index contributed by atoms with van der Waals surface area (Å²) in [6.45, 7) is 0.944. The summed E-state index contributed by atoms with van der Waals surface area (Å²) in [5.74, 6) is 3.02. The van der Waals surface area contributed by atoms with Crippen LogP contribution < -0.4 is 4.74 Å². The van der Waals surface area contributed by atoms with E-state index < -0.39 is 0 Å². The van der Waals surface area contributed by atoms with E-state index in [1.807, 2.05) is 0 Å². The molecule has 0 aromatic carbocycles. The molecule has 2 aromatic heterocycles. The summed E-state index contributed by atoms with van der Waals surface area (Å²) in [6, 6.07) is 0. The molecule has 0 unspecified atom stereocenters. The van der Waals surface area contributed by atoms with Crippen molar-refractivity contribution in [3.8, 4) is 5.88 Å². The van der Waals surface area contributed by atoms with Crippen molar-refractivity contribution in [3.63, 3.8) is 0 Å². The van der Waals surface area contributed by atoms with Gasteiger partial charge in [0.1, 0.15) is 12.2 Å². The Morgan fingerprint density at radius 3 is 2.95 bits per heavy atom. The fourth-order valence-electron chi connectivity index (χ4n) is 2.57. The van der Waals surface area contributed by atoms with E-state index in [2.05, 4.69) is 19.5 Å². The minimum atomic E-state index is 0.534. The molecule has 1 saturated carbocycles. The summed E-state index contributed by atoms with van der Waals surface area (Å²) >= 11 is 5.88. The third-order valence-corrected chi connectivity index (χ3v) is 3.97. The maximum absolute atomic E-state index is 5.88. The molecule has 0 saturated heterocycles. The topological polar surface area (TPSA) is 52.8 Å². The first-order valence-corrected chi connectivity index (χ1v) is 7.67. The Bertz CT molecular complexity index is 594. The first-order chi connectivity index (χ1) is 9.83. The molecule has 6 heteroatoms. The summed E-state index contributed by atoms with van der Waals surface area (Å²) in [5, 5.41) is 0. The highest BCUT2D eigenvalue weighted by atomic mass is 35.5. The van der Waals surface area contributed by atoms with Gasteiger partial charge >= 0.3 is 0 Å². The third-order valence-electron chi connectivity index (χ3n) is 3.78. The van der Waals surface area contributed by atoms with Crippen molar-refractivity contribution in [1.82, 2.24) is 19.5 Å². The Morgan fingerprint density at radius 2 is 2.25 bits per heavy atom. The fourth-order valence-corrected chi connectivity index (χ4v) is 2.73. The van der Waals surface area contributed by atoms with Crippen LogP contribution >= 0.6 is 11.6 Å². The molecule has 108 valence electrons. The van der Waals surface area contributed by atoms with Gasteiger partial charge in [0.2, 0.25) is 5.88 Å². The molecule has 2 aromatic rings. The van der Waals surface area contributed by atoms with Crippen LogP contribution in [0.5, 0.6) is 5.88 Å². The zero-order valence-electron chi connectivity index (χ0n) is 11.7. The molecule has 0 N–H and O–H groups in total. The van der Waals surface area contributed by atoms with Gasteiger partial charge < -0.3 is 9.30 Å². The van der Waals surface area contributed by atoms with E-state index >= 15 is 0 Å². The Morgan fingerprint density at radius 1 is 1.40 bits per heavy atom. The summed E-state index contributed by atoms with van der Waals surface area (Å²) < 4.78 is 7.44. The molecule has 0 atom stereocenters. The maximum atomic E-state index is 5.88. The van der Waals surface area contributed by atoms with E-state index in [4.69, 9.17) is 16.3 Å². The molecular weight excluding hydrogens is 276 g/mol. The minimum Gasteiger partial charge on any atom is -0.479 e. The van der Waals surface area contributed by atoms with Gasteiger partial charge in [-0.2, -0.15) is 4.98 Å². The summed E-state index contributed by atoms with van der Waals surface area (Å²) in [6.07, 6.45) is 7.53. The van der Waals surface area contributed by atoms with Crippen LogP contribution in [0, 0.1) is 5.92 Å². The van der Waals surface area contributed by atoms with Gasteiger partial charge in [-0.1, -0.05) is 12.8 Å². The molecule has 0 radical (unpaired) electrons. The van der Waals surface area contributed by atoms with Crippen LogP contribution in [-0.2, 0) is 13.0 Å². The first kappa shape index (κ1) is 13.6. The molecule has 2 heterocycles. The number of halogens is 1. The van der Waals surface area contributed by atoms with Crippen molar-refractivity contribution >= 4 is 22.8 Å². The van der Waals surface area contributed by atoms with Crippen LogP contribution in [-0.4, -0.2) is 32.5 Å². The van der Waals surface area contributed by atoms with Gasteiger partial charge in [0.25, 0.3) is 0 Å². The number of aryl methyl sites for hydroxylation is 2. The molecule has 1 aliphatic rings. The van der Waals surface area contributed by atoms with E-state index in [1.165, 1.54) is 25.6 Å². The summed E-state index contributed by atoms with van der Waals surface area (Å²) in [7, 11) is 1.61. The van der Waals surface area contributed by atoms with E-state index in [-0.39, 0.29) is 0 Å². The highest BCUT2D eigenvalue weighted by molar-refractivity contribution is 6.17. The number of imidazole rings is 1. The Kier molecular flexibility index (Phi) is 4.05. The quantitative estimate of drug-likeness (QED) is 0.737. The first-order valence-electron chi connectivity index (χ1n) is 7.13. The van der Waals surface area contributed by atoms with Crippen LogP contribution in [0.15, 0.2) is 6.33 Å². The van der Waals surface area contributed by atoms with Crippen LogP contribution in [0.2, 0.25) is 0 Å². The lowest BCUT2D eigenvalue weighted by molar-refractivity contribution is 0.401. The van der Waals surface area contributed by atoms with Gasteiger partial charge in [-0.25, -0.2) is 9.97 Å². The second-order valence-corrected chi connectivity index (χ2v) is 5.64. The number of ether oxygens (including phenoxy) is 1. The van der Waals surface area contributed by atoms with E-state index in [9.17, 15) is 0 Å². The fraction of sp³-hybridized carbons (Fsp3) is 0.643. The molecule has 0 amide bonds. The lowest BCUT2D eigenvalue weighted by Crippen LogP contribution is -2.06. The average molecular weight is 295 g/mol. The van der Waals surface area contributed by atoms with E-state index in [0.717, 1.165) is 42.3 Å². The van der Waals surface area contributed by atoms with Crippen LogP contribution in [0.25, 0.3) is 11.2 Å². The smallest absolute Gasteiger partial charge is 0.245 e. The van der Waals surface area contributed by atoms with Crippen molar-refractivity contribution in [2.75, 3.05) is 13.0 Å². The van der Waals surface area contributed by atoms with Gasteiger partial charge in [-0.05, 0) is 18.8 Å². The van der Waals surface area contributed by atoms with Gasteiger partial charge in [0.05, 0.1) is 7.11 Å². The van der Waals surface area contributed by atoms with Gasteiger partial charge in [0, 0.05) is 18.8 Å². The molecule has 0 aliphatic heterocycles. The largest absolute Gasteiger partial charge is 0.479 e. The van der Waals surface area contributed by atoms with Crippen molar-refractivity contribution in [1.29, 1.82) is 0 Å². The number of hydrogen-bond acceptors (Lipinski definition) is 4. The molecule has 5 nitrogen and oxygen atoms in total. The SMILES string of the molecule is COc1ncnc2c1nc(CCCl)n2CCCC1CC1. The second-order valence-electron chi connectivity index (χ2n) is 5.26. The molecular formula is C14H19ClN4O. The Labute approximate surface area is 123 Å². The highest BCUT2D eigenvalue weighted by Crippen LogP contribution is 2.34. The normalized spacial score (nSPS) is 14.9. The molecule has 1 aliphatic carbocycles. The van der Waals surface area contributed by atoms with Crippen molar-refractivity contribution in [2.24, 2.45) is 5.92 Å². The van der Waals surface area contributed by atoms with Gasteiger partial charge in [-0.15, -0.1) is 11.6 Å². The number of hydrogen-bond donors (Lipinski definition) is 0. The minimum absolute atomic E-state index is 0.534. The summed E-state index contributed by atoms with van der Waals surface area (Å²) in [4.78, 5) is 13.1. The Balaban J connectivity index is 1.90. The van der Waals surface area contributed by atoms with Gasteiger partial charge in [0.15, 0.2) is 11.2 Å². The van der Waals surface area contributed by atoms with Crippen molar-refractivity contribution in [2.45, 2.75) is 38.6 Å². The highest BCUT2D eigenvalue weighted by Gasteiger charge is 2.21. The summed E-state index contributed by atoms with van der Waals surface area (Å²) in [5.41, 5.74) is 1.59. The average Bonchev–Trinajstić information content (AvgIpc) is 3.22. The lowest BCUT2D eigenvalue weighted by Gasteiger charge is -2.07. The monoisotopic (exact) mass is 294 g/mol. The zero-order valence-corrected chi connectivity index (χ0v) is 12.4. The number of aromatic nitrogens is 4. The number of nitrogens with zero attached hydrogens (tertiary/aromatic N) is 4. The zero-order chi connectivity index (χ0) is 13.9. The second kappa shape index (κ2) is 5.95. The van der Waals surface area contributed by atoms with Crippen LogP contribution in [0.3, 0.4) is 0 Å². The van der Waals surface area contributed by atoms with Gasteiger partial charge in [-0.3, -0.25) is 0 Å². The predicted octanol–water partition coefficient (Wildman–Crippen LogP) is 2.81. The molecule has 1 fully saturated rings. The third kappa shape index (κ3) is 2.73. The molecule has 0 spiro atoms. The van der Waals surface area contributed by atoms with Crippen molar-refractivity contribution in [3.05, 3.63) is 12.2 Å². The molecule has 0 bridgehead atoms. The predicted molar refractivity (Wildman–Crippen MR) is 78.3 cm³/mol. The number of alkyl halides is 1. The van der Waals surface area contributed by atoms with E-state index in [1.54, 1.807) is 7.11 Å². The number of rotatable bonds is 7. The van der Waals surface area contributed by atoms with Crippen LogP contribution in [0.1, 0.15) is 31.5 Å². The molecule has 20 heavy (non-hydrogen) atoms. The molecule has 3 rings (SSSR count). The maximum Gasteiger partial charge on any atom is 0.245 e. The van der Waals surface area contributed by atoms with E-state index in [0.29, 0.717) is 11.8 Å². The number of fused-ring (bicyclic) bond motifs is 1. The van der Waals surface area contributed by atoms with Crippen molar-refractivity contribution < 1.29 is 4.74 Å². The number of methoxy groups -OCH3 is 1. The Hall–Kier alpha value is -1.36.